The summed E-state index contributed by atoms with van der Waals surface area (Å²) in [5.41, 5.74) is 0.518. The number of carbonyl (C=O) groups is 2. The third kappa shape index (κ3) is 1.46. The largest absolute Gasteiger partial charge is 0.274 e. The average molecular weight is 322 g/mol. The fraction of sp³-hybridized carbons (Fsp3) is 0.500. The summed E-state index contributed by atoms with van der Waals surface area (Å²) in [6.45, 7) is 0. The molecule has 0 unspecified atom stereocenters. The van der Waals surface area contributed by atoms with E-state index in [1.54, 1.807) is 18.2 Å². The minimum atomic E-state index is -0.0935. The molecule has 3 aliphatic carbocycles. The fourth-order valence-corrected chi connectivity index (χ4v) is 5.76. The highest BCUT2D eigenvalue weighted by Gasteiger charge is 2.71. The second-order valence-corrected chi connectivity index (χ2v) is 7.69. The molecule has 21 heavy (non-hydrogen) atoms. The van der Waals surface area contributed by atoms with Gasteiger partial charge in [0.1, 0.15) is 0 Å². The van der Waals surface area contributed by atoms with Crippen LogP contribution in [-0.4, -0.2) is 11.8 Å². The van der Waals surface area contributed by atoms with Gasteiger partial charge in [0, 0.05) is 10.0 Å². The van der Waals surface area contributed by atoms with E-state index >= 15 is 0 Å². The average Bonchev–Trinajstić information content (AvgIpc) is 2.92. The molecule has 5 heteroatoms. The summed E-state index contributed by atoms with van der Waals surface area (Å²) in [7, 11) is 0. The minimum absolute atomic E-state index is 0.0406. The molecule has 2 amide bonds. The Balaban J connectivity index is 1.58. The summed E-state index contributed by atoms with van der Waals surface area (Å²) in [5, 5.41) is 0.891. The zero-order chi connectivity index (χ0) is 14.5. The van der Waals surface area contributed by atoms with Crippen molar-refractivity contribution >= 4 is 40.7 Å². The molecule has 0 aromatic heterocycles. The molecular weight excluding hydrogens is 309 g/mol. The molecule has 5 rings (SSSR count). The molecule has 108 valence electrons. The number of fused-ring (bicyclic) bond motifs is 8. The summed E-state index contributed by atoms with van der Waals surface area (Å²) >= 11 is 12.0. The molecule has 1 aromatic carbocycles. The molecular formula is C16H13Cl2NO2. The van der Waals surface area contributed by atoms with Gasteiger partial charge in [-0.3, -0.25) is 9.59 Å². The van der Waals surface area contributed by atoms with E-state index in [9.17, 15) is 9.59 Å². The molecule has 1 aliphatic heterocycles. The maximum atomic E-state index is 12.8. The number of amides is 2. The van der Waals surface area contributed by atoms with Crippen LogP contribution >= 0.6 is 23.2 Å². The van der Waals surface area contributed by atoms with Crippen LogP contribution in [0.3, 0.4) is 0 Å². The second kappa shape index (κ2) is 3.82. The number of carbonyl (C=O) groups excluding carboxylic acids is 2. The van der Waals surface area contributed by atoms with Crippen molar-refractivity contribution in [1.29, 1.82) is 0 Å². The number of nitrogens with zero attached hydrogens (tertiary/aromatic N) is 1. The van der Waals surface area contributed by atoms with E-state index in [2.05, 4.69) is 0 Å². The van der Waals surface area contributed by atoms with E-state index in [-0.39, 0.29) is 23.7 Å². The Morgan fingerprint density at radius 3 is 1.81 bits per heavy atom. The van der Waals surface area contributed by atoms with Crippen LogP contribution < -0.4 is 4.90 Å². The SMILES string of the molecule is O=C1[C@@H]2[C@H]3C[C@H]([C@H]4C[C@H]43)[C@@H]2C(=O)N1c1cc(Cl)cc(Cl)c1. The molecule has 6 atom stereocenters. The molecule has 4 fully saturated rings. The maximum absolute atomic E-state index is 12.8. The Labute approximate surface area is 132 Å². The lowest BCUT2D eigenvalue weighted by Gasteiger charge is -2.18. The van der Waals surface area contributed by atoms with Gasteiger partial charge < -0.3 is 0 Å². The number of anilines is 1. The van der Waals surface area contributed by atoms with Crippen molar-refractivity contribution < 1.29 is 9.59 Å². The van der Waals surface area contributed by atoms with Gasteiger partial charge in [0.25, 0.3) is 0 Å². The van der Waals surface area contributed by atoms with Gasteiger partial charge in [0.2, 0.25) is 11.8 Å². The maximum Gasteiger partial charge on any atom is 0.237 e. The van der Waals surface area contributed by atoms with Crippen molar-refractivity contribution in [2.45, 2.75) is 12.8 Å². The zero-order valence-corrected chi connectivity index (χ0v) is 12.6. The van der Waals surface area contributed by atoms with Crippen LogP contribution in [0.4, 0.5) is 5.69 Å². The molecule has 3 saturated carbocycles. The number of hydrogen-bond donors (Lipinski definition) is 0. The van der Waals surface area contributed by atoms with Gasteiger partial charge in [-0.05, 0) is 54.7 Å². The molecule has 0 spiro atoms. The fourth-order valence-electron chi connectivity index (χ4n) is 5.25. The Bertz CT molecular complexity index is 651. The highest BCUT2D eigenvalue weighted by Crippen LogP contribution is 2.71. The van der Waals surface area contributed by atoms with Crippen molar-refractivity contribution in [1.82, 2.24) is 0 Å². The van der Waals surface area contributed by atoms with Gasteiger partial charge in [0.05, 0.1) is 17.5 Å². The summed E-state index contributed by atoms with van der Waals surface area (Å²) in [4.78, 5) is 26.9. The van der Waals surface area contributed by atoms with E-state index in [0.717, 1.165) is 6.42 Å². The summed E-state index contributed by atoms with van der Waals surface area (Å²) in [6, 6.07) is 4.90. The van der Waals surface area contributed by atoms with Gasteiger partial charge in [0.15, 0.2) is 0 Å². The molecule has 0 radical (unpaired) electrons. The lowest BCUT2D eigenvalue weighted by Crippen LogP contribution is -2.33. The van der Waals surface area contributed by atoms with E-state index in [0.29, 0.717) is 39.4 Å². The quantitative estimate of drug-likeness (QED) is 0.743. The smallest absolute Gasteiger partial charge is 0.237 e. The lowest BCUT2D eigenvalue weighted by molar-refractivity contribution is -0.123. The zero-order valence-electron chi connectivity index (χ0n) is 11.1. The molecule has 1 aromatic rings. The molecule has 4 aliphatic rings. The Hall–Kier alpha value is -1.06. The first-order valence-corrected chi connectivity index (χ1v) is 8.16. The monoisotopic (exact) mass is 321 g/mol. The van der Waals surface area contributed by atoms with Gasteiger partial charge in [-0.2, -0.15) is 0 Å². The van der Waals surface area contributed by atoms with E-state index in [1.807, 2.05) is 0 Å². The van der Waals surface area contributed by atoms with Crippen LogP contribution in [-0.2, 0) is 9.59 Å². The van der Waals surface area contributed by atoms with E-state index in [4.69, 9.17) is 23.2 Å². The molecule has 1 heterocycles. The summed E-state index contributed by atoms with van der Waals surface area (Å²) < 4.78 is 0. The number of hydrogen-bond acceptors (Lipinski definition) is 2. The van der Waals surface area contributed by atoms with Crippen LogP contribution in [0.1, 0.15) is 12.8 Å². The Kier molecular flexibility index (Phi) is 2.27. The van der Waals surface area contributed by atoms with Gasteiger partial charge in [-0.15, -0.1) is 0 Å². The lowest BCUT2D eigenvalue weighted by atomic mass is 9.81. The first-order chi connectivity index (χ1) is 10.1. The van der Waals surface area contributed by atoms with Gasteiger partial charge in [-0.1, -0.05) is 23.2 Å². The first-order valence-electron chi connectivity index (χ1n) is 7.40. The number of imide groups is 1. The normalized spacial score (nSPS) is 42.5. The molecule has 1 saturated heterocycles. The van der Waals surface area contributed by atoms with E-state index in [1.165, 1.54) is 11.3 Å². The highest BCUT2D eigenvalue weighted by molar-refractivity contribution is 6.35. The predicted molar refractivity (Wildman–Crippen MR) is 79.1 cm³/mol. The van der Waals surface area contributed by atoms with Crippen molar-refractivity contribution in [3.63, 3.8) is 0 Å². The molecule has 2 bridgehead atoms. The van der Waals surface area contributed by atoms with Crippen LogP contribution in [0.2, 0.25) is 10.0 Å². The summed E-state index contributed by atoms with van der Waals surface area (Å²) in [5.74, 6) is 2.00. The van der Waals surface area contributed by atoms with Crippen LogP contribution in [0.25, 0.3) is 0 Å². The Morgan fingerprint density at radius 1 is 0.810 bits per heavy atom. The van der Waals surface area contributed by atoms with Crippen LogP contribution in [0.15, 0.2) is 18.2 Å². The van der Waals surface area contributed by atoms with Gasteiger partial charge >= 0.3 is 0 Å². The van der Waals surface area contributed by atoms with Crippen molar-refractivity contribution in [3.05, 3.63) is 28.2 Å². The van der Waals surface area contributed by atoms with E-state index < -0.39 is 0 Å². The first kappa shape index (κ1) is 12.5. The topological polar surface area (TPSA) is 37.4 Å². The molecule has 3 nitrogen and oxygen atoms in total. The predicted octanol–water partition coefficient (Wildman–Crippen LogP) is 3.38. The standard InChI is InChI=1S/C16H13Cl2NO2/c17-6-1-7(18)3-8(2-6)19-15(20)13-11-5-12(10-4-9(10)11)14(13)16(19)21/h1-3,9-14H,4-5H2/t9-,10+,11+,12-,13-,14+. The van der Waals surface area contributed by atoms with Crippen molar-refractivity contribution in [3.8, 4) is 0 Å². The number of halogens is 2. The third-order valence-corrected chi connectivity index (χ3v) is 6.40. The number of benzene rings is 1. The highest BCUT2D eigenvalue weighted by atomic mass is 35.5. The van der Waals surface area contributed by atoms with Crippen molar-refractivity contribution in [2.24, 2.45) is 35.5 Å². The van der Waals surface area contributed by atoms with Crippen LogP contribution in [0, 0.1) is 35.5 Å². The van der Waals surface area contributed by atoms with Crippen LogP contribution in [0.5, 0.6) is 0 Å². The van der Waals surface area contributed by atoms with Gasteiger partial charge in [-0.25, -0.2) is 4.90 Å². The second-order valence-electron chi connectivity index (χ2n) is 6.82. The number of rotatable bonds is 1. The Morgan fingerprint density at radius 2 is 1.29 bits per heavy atom. The molecule has 0 N–H and O–H groups in total. The van der Waals surface area contributed by atoms with Crippen molar-refractivity contribution in [2.75, 3.05) is 4.90 Å². The minimum Gasteiger partial charge on any atom is -0.274 e. The summed E-state index contributed by atoms with van der Waals surface area (Å²) in [6.07, 6.45) is 2.30. The third-order valence-electron chi connectivity index (χ3n) is 5.96.